The van der Waals surface area contributed by atoms with Crippen LogP contribution in [0.25, 0.3) is 5.65 Å². The van der Waals surface area contributed by atoms with Gasteiger partial charge < -0.3 is 10.1 Å². The van der Waals surface area contributed by atoms with Crippen molar-refractivity contribution in [1.82, 2.24) is 14.6 Å². The molecule has 15 heavy (non-hydrogen) atoms. The number of fused-ring (bicyclic) bond motifs is 1. The number of nitrogens with one attached hydrogen (secondary N) is 1. The first kappa shape index (κ1) is 9.85. The number of rotatable bonds is 4. The van der Waals surface area contributed by atoms with Crippen LogP contribution in [0.15, 0.2) is 18.3 Å². The number of aromatic nitrogens is 3. The molecule has 80 valence electrons. The van der Waals surface area contributed by atoms with Gasteiger partial charge in [0.05, 0.1) is 12.8 Å². The molecule has 5 nitrogen and oxygen atoms in total. The summed E-state index contributed by atoms with van der Waals surface area (Å²) in [5, 5.41) is 7.01. The van der Waals surface area contributed by atoms with Gasteiger partial charge in [-0.05, 0) is 12.1 Å². The fourth-order valence-corrected chi connectivity index (χ4v) is 1.20. The summed E-state index contributed by atoms with van der Waals surface area (Å²) >= 11 is 0. The molecule has 0 amide bonds. The van der Waals surface area contributed by atoms with Crippen LogP contribution < -0.4 is 5.32 Å². The van der Waals surface area contributed by atoms with Crippen molar-refractivity contribution in [2.24, 2.45) is 0 Å². The minimum absolute atomic E-state index is 0.337. The molecule has 2 rings (SSSR count). The standard InChI is InChI=1S/C9H11FN4O/c1-15-5-4-11-9-12-8-3-2-7(10)6-14(8)13-9/h2-3,6H,4-5H2,1H3,(H,11,13). The molecule has 0 unspecified atom stereocenters. The van der Waals surface area contributed by atoms with Gasteiger partial charge in [-0.15, -0.1) is 5.10 Å². The first-order valence-corrected chi connectivity index (χ1v) is 4.54. The normalized spacial score (nSPS) is 10.8. The quantitative estimate of drug-likeness (QED) is 0.762. The van der Waals surface area contributed by atoms with Gasteiger partial charge in [0.25, 0.3) is 0 Å². The predicted molar refractivity (Wildman–Crippen MR) is 53.3 cm³/mol. The second kappa shape index (κ2) is 4.22. The number of anilines is 1. The van der Waals surface area contributed by atoms with Crippen LogP contribution in [0.3, 0.4) is 0 Å². The summed E-state index contributed by atoms with van der Waals surface area (Å²) < 4.78 is 19.1. The number of hydrogen-bond donors (Lipinski definition) is 1. The van der Waals surface area contributed by atoms with E-state index in [-0.39, 0.29) is 5.82 Å². The largest absolute Gasteiger partial charge is 0.383 e. The Morgan fingerprint density at radius 1 is 1.53 bits per heavy atom. The van der Waals surface area contributed by atoms with Gasteiger partial charge in [0.15, 0.2) is 5.65 Å². The molecule has 0 aromatic carbocycles. The van der Waals surface area contributed by atoms with Gasteiger partial charge in [0.2, 0.25) is 5.95 Å². The van der Waals surface area contributed by atoms with Crippen LogP contribution in [0, 0.1) is 5.82 Å². The SMILES string of the molecule is COCCNc1nc2ccc(F)cn2n1. The lowest BCUT2D eigenvalue weighted by Crippen LogP contribution is -2.08. The summed E-state index contributed by atoms with van der Waals surface area (Å²) in [5.74, 6) is 0.133. The van der Waals surface area contributed by atoms with Gasteiger partial charge in [-0.3, -0.25) is 0 Å². The molecular formula is C9H11FN4O. The van der Waals surface area contributed by atoms with E-state index >= 15 is 0 Å². The van der Waals surface area contributed by atoms with Gasteiger partial charge in [0, 0.05) is 13.7 Å². The van der Waals surface area contributed by atoms with Gasteiger partial charge in [-0.2, -0.15) is 4.98 Å². The topological polar surface area (TPSA) is 51.5 Å². The summed E-state index contributed by atoms with van der Waals surface area (Å²) in [4.78, 5) is 4.14. The van der Waals surface area contributed by atoms with Crippen molar-refractivity contribution in [3.63, 3.8) is 0 Å². The molecule has 0 atom stereocenters. The number of ether oxygens (including phenoxy) is 1. The molecule has 2 heterocycles. The summed E-state index contributed by atoms with van der Waals surface area (Å²) in [7, 11) is 1.62. The van der Waals surface area contributed by atoms with Crippen molar-refractivity contribution in [2.45, 2.75) is 0 Å². The second-order valence-corrected chi connectivity index (χ2v) is 3.01. The van der Waals surface area contributed by atoms with Crippen molar-refractivity contribution in [3.8, 4) is 0 Å². The molecule has 0 aliphatic heterocycles. The lowest BCUT2D eigenvalue weighted by Gasteiger charge is -1.98. The van der Waals surface area contributed by atoms with E-state index in [0.29, 0.717) is 24.7 Å². The van der Waals surface area contributed by atoms with Gasteiger partial charge in [-0.25, -0.2) is 8.91 Å². The van der Waals surface area contributed by atoms with Crippen LogP contribution in [0.5, 0.6) is 0 Å². The Morgan fingerprint density at radius 3 is 3.20 bits per heavy atom. The van der Waals surface area contributed by atoms with Crippen molar-refractivity contribution in [3.05, 3.63) is 24.1 Å². The monoisotopic (exact) mass is 210 g/mol. The molecule has 1 N–H and O–H groups in total. The maximum absolute atomic E-state index is 12.8. The van der Waals surface area contributed by atoms with Crippen LogP contribution in [-0.4, -0.2) is 34.9 Å². The molecule has 0 bridgehead atoms. The highest BCUT2D eigenvalue weighted by Crippen LogP contribution is 2.06. The summed E-state index contributed by atoms with van der Waals surface area (Å²) in [5.41, 5.74) is 0.608. The molecule has 2 aromatic rings. The van der Waals surface area contributed by atoms with Crippen molar-refractivity contribution in [1.29, 1.82) is 0 Å². The Labute approximate surface area is 85.9 Å². The van der Waals surface area contributed by atoms with Crippen molar-refractivity contribution < 1.29 is 9.13 Å². The van der Waals surface area contributed by atoms with E-state index in [9.17, 15) is 4.39 Å². The zero-order valence-electron chi connectivity index (χ0n) is 8.27. The number of pyridine rings is 1. The first-order chi connectivity index (χ1) is 7.29. The zero-order chi connectivity index (χ0) is 10.7. The highest BCUT2D eigenvalue weighted by molar-refractivity contribution is 5.42. The van der Waals surface area contributed by atoms with Crippen LogP contribution in [0.2, 0.25) is 0 Å². The highest BCUT2D eigenvalue weighted by Gasteiger charge is 2.02. The molecule has 6 heteroatoms. The lowest BCUT2D eigenvalue weighted by molar-refractivity contribution is 0.210. The average Bonchev–Trinajstić information content (AvgIpc) is 2.60. The Hall–Kier alpha value is -1.69. The predicted octanol–water partition coefficient (Wildman–Crippen LogP) is 0.927. The summed E-state index contributed by atoms with van der Waals surface area (Å²) in [6, 6.07) is 2.92. The summed E-state index contributed by atoms with van der Waals surface area (Å²) in [6.45, 7) is 1.19. The Bertz CT molecular complexity index is 456. The smallest absolute Gasteiger partial charge is 0.243 e. The molecule has 0 aliphatic rings. The minimum atomic E-state index is -0.337. The Balaban J connectivity index is 2.16. The molecular weight excluding hydrogens is 199 g/mol. The molecule has 0 radical (unpaired) electrons. The third-order valence-corrected chi connectivity index (χ3v) is 1.88. The fourth-order valence-electron chi connectivity index (χ4n) is 1.20. The lowest BCUT2D eigenvalue weighted by atomic mass is 10.5. The van der Waals surface area contributed by atoms with Gasteiger partial charge >= 0.3 is 0 Å². The van der Waals surface area contributed by atoms with E-state index in [1.165, 1.54) is 16.8 Å². The molecule has 0 spiro atoms. The number of methoxy groups -OCH3 is 1. The summed E-state index contributed by atoms with van der Waals surface area (Å²) in [6.07, 6.45) is 1.28. The van der Waals surface area contributed by atoms with Crippen molar-refractivity contribution in [2.75, 3.05) is 25.6 Å². The van der Waals surface area contributed by atoms with E-state index in [1.54, 1.807) is 13.2 Å². The van der Waals surface area contributed by atoms with E-state index in [2.05, 4.69) is 15.4 Å². The minimum Gasteiger partial charge on any atom is -0.383 e. The number of hydrogen-bond acceptors (Lipinski definition) is 4. The maximum Gasteiger partial charge on any atom is 0.243 e. The first-order valence-electron chi connectivity index (χ1n) is 4.54. The Morgan fingerprint density at radius 2 is 2.40 bits per heavy atom. The molecule has 0 fully saturated rings. The van der Waals surface area contributed by atoms with Crippen LogP contribution in [0.1, 0.15) is 0 Å². The average molecular weight is 210 g/mol. The van der Waals surface area contributed by atoms with Crippen LogP contribution in [-0.2, 0) is 4.74 Å². The van der Waals surface area contributed by atoms with Crippen LogP contribution in [0.4, 0.5) is 10.3 Å². The van der Waals surface area contributed by atoms with E-state index in [4.69, 9.17) is 4.74 Å². The Kier molecular flexibility index (Phi) is 2.77. The van der Waals surface area contributed by atoms with Gasteiger partial charge in [-0.1, -0.05) is 0 Å². The number of halogens is 1. The fraction of sp³-hybridized carbons (Fsp3) is 0.333. The van der Waals surface area contributed by atoms with E-state index in [0.717, 1.165) is 0 Å². The molecule has 0 aliphatic carbocycles. The van der Waals surface area contributed by atoms with E-state index < -0.39 is 0 Å². The second-order valence-electron chi connectivity index (χ2n) is 3.01. The van der Waals surface area contributed by atoms with Crippen LogP contribution >= 0.6 is 0 Å². The highest BCUT2D eigenvalue weighted by atomic mass is 19.1. The maximum atomic E-state index is 12.8. The third kappa shape index (κ3) is 2.21. The molecule has 0 saturated heterocycles. The molecule has 2 aromatic heterocycles. The zero-order valence-corrected chi connectivity index (χ0v) is 8.27. The molecule has 0 saturated carbocycles. The number of nitrogens with zero attached hydrogens (tertiary/aromatic N) is 3. The van der Waals surface area contributed by atoms with E-state index in [1.807, 2.05) is 0 Å². The van der Waals surface area contributed by atoms with Crippen molar-refractivity contribution >= 4 is 11.6 Å². The van der Waals surface area contributed by atoms with Gasteiger partial charge in [0.1, 0.15) is 5.82 Å². The third-order valence-electron chi connectivity index (χ3n) is 1.88.